The first kappa shape index (κ1) is 51.0. The van der Waals surface area contributed by atoms with Gasteiger partial charge in [-0.25, -0.2) is 0 Å². The second kappa shape index (κ2) is 22.9. The van der Waals surface area contributed by atoms with Crippen LogP contribution in [0.3, 0.4) is 0 Å². The summed E-state index contributed by atoms with van der Waals surface area (Å²) in [6, 6.07) is 84.0. The molecule has 6 heteroatoms. The van der Waals surface area contributed by atoms with E-state index in [1.807, 2.05) is 78.9 Å². The summed E-state index contributed by atoms with van der Waals surface area (Å²) < 4.78 is 17.8. The van der Waals surface area contributed by atoms with Crippen molar-refractivity contribution in [3.05, 3.63) is 287 Å². The quantitative estimate of drug-likeness (QED) is 0.0583. The molecule has 0 aromatic heterocycles. The fourth-order valence-electron chi connectivity index (χ4n) is 10.3. The Hall–Kier alpha value is -8.53. The summed E-state index contributed by atoms with van der Waals surface area (Å²) in [5.74, 6) is -1.20. The second-order valence-corrected chi connectivity index (χ2v) is 25.4. The van der Waals surface area contributed by atoms with Gasteiger partial charge in [0.2, 0.25) is 0 Å². The molecule has 0 aliphatic carbocycles. The molecule has 0 unspecified atom stereocenters. The van der Waals surface area contributed by atoms with Gasteiger partial charge < -0.3 is 4.74 Å². The van der Waals surface area contributed by atoms with Gasteiger partial charge in [0, 0.05) is 11.1 Å². The van der Waals surface area contributed by atoms with Gasteiger partial charge in [0.15, 0.2) is 6.29 Å². The summed E-state index contributed by atoms with van der Waals surface area (Å²) in [7, 11) is 5.13. The number of methoxy groups -OCH3 is 3. The van der Waals surface area contributed by atoms with E-state index in [9.17, 15) is 4.79 Å². The van der Waals surface area contributed by atoms with Crippen LogP contribution in [-0.2, 0) is 12.6 Å². The Morgan fingerprint density at radius 2 is 0.776 bits per heavy atom. The van der Waals surface area contributed by atoms with Crippen LogP contribution in [0.15, 0.2) is 243 Å². The van der Waals surface area contributed by atoms with Gasteiger partial charge in [-0.1, -0.05) is 97.1 Å². The molecule has 0 N–H and O–H groups in total. The number of carbonyl (C=O) groups is 1. The number of fused-ring (bicyclic) bond motifs is 3. The van der Waals surface area contributed by atoms with Crippen LogP contribution in [0.25, 0.3) is 56.6 Å². The van der Waals surface area contributed by atoms with Crippen molar-refractivity contribution in [1.82, 2.24) is 0 Å². The third-order valence-corrected chi connectivity index (χ3v) is 21.4. The molecule has 11 rings (SSSR count). The van der Waals surface area contributed by atoms with Gasteiger partial charge in [-0.2, -0.15) is 0 Å². The zero-order valence-corrected chi connectivity index (χ0v) is 44.5. The van der Waals surface area contributed by atoms with Crippen molar-refractivity contribution in [2.45, 2.75) is 12.6 Å². The molecule has 0 fully saturated rings. The maximum absolute atomic E-state index is 11.9. The molecule has 76 heavy (non-hydrogen) atoms. The first-order valence-electron chi connectivity index (χ1n) is 25.4. The number of carbonyl (C=O) groups excluding carboxylic acids is 1. The normalized spacial score (nSPS) is 12.0. The molecule has 0 atom stereocenters. The van der Waals surface area contributed by atoms with Crippen LogP contribution in [-0.4, -0.2) is 27.6 Å². The summed E-state index contributed by atoms with van der Waals surface area (Å²) in [4.78, 5) is 11.9. The van der Waals surface area contributed by atoms with E-state index in [2.05, 4.69) is 188 Å². The molecule has 0 heterocycles. The summed E-state index contributed by atoms with van der Waals surface area (Å²) in [6.07, 6.45) is 10.2. The molecule has 0 radical (unpaired) electrons. The number of aldehydes is 1. The van der Waals surface area contributed by atoms with Crippen LogP contribution in [0.5, 0.6) is 17.2 Å². The standard InChI is InChI=1S/C38H34ClO2P.C32H24O2/c1-40-37-27-33(38(41-2)26-32(37)25-29-22-23-30-14-12-13-15-31(30)24-29)28-42(39,34-16-6-3-7-17-34,35-18-8-4-9-19-35)36-20-10-5-11-21-36;1-34-32-21-29(16-12-23-10-14-25-6-2-4-8-27(25)18-23)31(22-33)20-30(32)17-13-24-11-15-26-7-3-5-9-28(26)19-24/h3-24,26-27H,25,28H2,1-2H3;2-22H,1H3/b;16-12+,17-13+. The molecule has 11 aromatic carbocycles. The van der Waals surface area contributed by atoms with Crippen molar-refractivity contribution < 1.29 is 19.0 Å². The molecular formula is C70H58ClO4P. The molecular weight excluding hydrogens is 971 g/mol. The molecule has 374 valence electrons. The van der Waals surface area contributed by atoms with Gasteiger partial charge in [-0.3, -0.25) is 4.79 Å². The Bertz CT molecular complexity index is 3790. The van der Waals surface area contributed by atoms with Crippen LogP contribution < -0.4 is 30.1 Å². The molecule has 0 aliphatic heterocycles. The molecule has 0 aliphatic rings. The topological polar surface area (TPSA) is 44.8 Å². The first-order valence-corrected chi connectivity index (χ1v) is 28.7. The Balaban J connectivity index is 0.000000177. The predicted molar refractivity (Wildman–Crippen MR) is 325 cm³/mol. The summed E-state index contributed by atoms with van der Waals surface area (Å²) in [5.41, 5.74) is 7.78. The zero-order chi connectivity index (χ0) is 52.3. The minimum absolute atomic E-state index is 0.570. The Kier molecular flexibility index (Phi) is 15.4. The Labute approximate surface area is 450 Å². The van der Waals surface area contributed by atoms with Gasteiger partial charge in [-0.05, 0) is 62.5 Å². The van der Waals surface area contributed by atoms with E-state index in [1.54, 1.807) is 21.3 Å². The Morgan fingerprint density at radius 3 is 1.25 bits per heavy atom. The SMILES string of the molecule is COc1cc(/C=C/c2ccc3ccccc3c2)c(C=O)cc1/C=C/c1ccc2ccccc2c1.COc1cc(CP(Cl)(c2ccccc2)(c2ccccc2)c2ccccc2)c(OC)cc1Cc1ccc2ccccc2c1. The number of hydrogen-bond donors (Lipinski definition) is 0. The summed E-state index contributed by atoms with van der Waals surface area (Å²) in [5, 5.41) is 10.6. The van der Waals surface area contributed by atoms with E-state index >= 15 is 0 Å². The predicted octanol–water partition coefficient (Wildman–Crippen LogP) is 16.8. The maximum atomic E-state index is 11.9. The van der Waals surface area contributed by atoms with Crippen LogP contribution >= 0.6 is 17.2 Å². The fourth-order valence-corrected chi connectivity index (χ4v) is 16.4. The average Bonchev–Trinajstić information content (AvgIpc) is 3.68. The van der Waals surface area contributed by atoms with Crippen molar-refractivity contribution in [3.63, 3.8) is 0 Å². The Morgan fingerprint density at radius 1 is 0.368 bits per heavy atom. The molecule has 0 saturated heterocycles. The van der Waals surface area contributed by atoms with E-state index < -0.39 is 5.96 Å². The van der Waals surface area contributed by atoms with Gasteiger partial charge in [-0.15, -0.1) is 0 Å². The second-order valence-electron chi connectivity index (χ2n) is 18.9. The molecule has 0 spiro atoms. The average molecular weight is 1030 g/mol. The third-order valence-electron chi connectivity index (χ3n) is 14.3. The van der Waals surface area contributed by atoms with Gasteiger partial charge in [0.05, 0.1) is 7.11 Å². The number of rotatable bonds is 15. The van der Waals surface area contributed by atoms with Crippen molar-refractivity contribution in [3.8, 4) is 17.2 Å². The van der Waals surface area contributed by atoms with Crippen LogP contribution in [0.1, 0.15) is 49.3 Å². The van der Waals surface area contributed by atoms with Crippen molar-refractivity contribution in [2.75, 3.05) is 21.3 Å². The summed E-state index contributed by atoms with van der Waals surface area (Å²) in [6.45, 7) is 0. The van der Waals surface area contributed by atoms with Crippen LogP contribution in [0.4, 0.5) is 0 Å². The zero-order valence-electron chi connectivity index (χ0n) is 42.9. The van der Waals surface area contributed by atoms with Gasteiger partial charge >= 0.3 is 254 Å². The van der Waals surface area contributed by atoms with Gasteiger partial charge in [0.25, 0.3) is 0 Å². The first-order chi connectivity index (χ1) is 37.3. The molecule has 0 bridgehead atoms. The van der Waals surface area contributed by atoms with Crippen molar-refractivity contribution in [2.24, 2.45) is 0 Å². The minimum atomic E-state index is -3.56. The van der Waals surface area contributed by atoms with E-state index in [-0.39, 0.29) is 0 Å². The van der Waals surface area contributed by atoms with Gasteiger partial charge in [0.1, 0.15) is 5.75 Å². The third kappa shape index (κ3) is 10.7. The van der Waals surface area contributed by atoms with Crippen molar-refractivity contribution in [1.29, 1.82) is 0 Å². The van der Waals surface area contributed by atoms with Crippen molar-refractivity contribution >= 4 is 96.0 Å². The fraction of sp³-hybridized carbons (Fsp3) is 0.0714. The number of benzene rings is 11. The molecule has 0 amide bonds. The number of hydrogen-bond acceptors (Lipinski definition) is 4. The molecule has 11 aromatic rings. The summed E-state index contributed by atoms with van der Waals surface area (Å²) >= 11 is 8.39. The van der Waals surface area contributed by atoms with E-state index in [0.717, 1.165) is 79.2 Å². The van der Waals surface area contributed by atoms with Crippen LogP contribution in [0.2, 0.25) is 0 Å². The van der Waals surface area contributed by atoms with E-state index in [1.165, 1.54) is 37.9 Å². The molecule has 4 nitrogen and oxygen atoms in total. The van der Waals surface area contributed by atoms with E-state index in [0.29, 0.717) is 11.7 Å². The monoisotopic (exact) mass is 1030 g/mol. The number of ether oxygens (including phenoxy) is 3. The number of halogens is 1. The molecule has 0 saturated carbocycles. The van der Waals surface area contributed by atoms with Crippen LogP contribution in [0, 0.1) is 0 Å². The van der Waals surface area contributed by atoms with E-state index in [4.69, 9.17) is 25.5 Å².